The van der Waals surface area contributed by atoms with Crippen LogP contribution in [0.25, 0.3) is 0 Å². The van der Waals surface area contributed by atoms with E-state index < -0.39 is 6.48 Å². The molecule has 1 saturated heterocycles. The molecule has 0 unspecified atom stereocenters. The fraction of sp³-hybridized carbons (Fsp3) is 1.00. The SMILES string of the molecule is CCCCCCO.OC1OCCO1. The molecule has 1 rings (SSSR count). The second-order valence-corrected chi connectivity index (χ2v) is 2.83. The Balaban J connectivity index is 0.000000223. The number of aliphatic hydroxyl groups excluding tert-OH is 2. The maximum atomic E-state index is 8.29. The van der Waals surface area contributed by atoms with E-state index in [0.717, 1.165) is 6.42 Å². The molecule has 4 nitrogen and oxygen atoms in total. The largest absolute Gasteiger partial charge is 0.396 e. The van der Waals surface area contributed by atoms with Crippen molar-refractivity contribution in [2.45, 2.75) is 39.1 Å². The summed E-state index contributed by atoms with van der Waals surface area (Å²) in [6.45, 7) is 2.60. The van der Waals surface area contributed by atoms with Gasteiger partial charge in [0, 0.05) is 6.61 Å². The summed E-state index contributed by atoms with van der Waals surface area (Å²) in [5, 5.41) is 16.6. The maximum Gasteiger partial charge on any atom is 0.269 e. The molecule has 1 aliphatic heterocycles. The van der Waals surface area contributed by atoms with Crippen LogP contribution in [0.5, 0.6) is 0 Å². The van der Waals surface area contributed by atoms with E-state index in [0.29, 0.717) is 19.8 Å². The van der Waals surface area contributed by atoms with Gasteiger partial charge in [0.1, 0.15) is 0 Å². The van der Waals surface area contributed by atoms with E-state index >= 15 is 0 Å². The Morgan fingerprint density at radius 2 is 1.77 bits per heavy atom. The highest BCUT2D eigenvalue weighted by molar-refractivity contribution is 4.35. The summed E-state index contributed by atoms with van der Waals surface area (Å²) in [5.41, 5.74) is 0. The molecular weight excluding hydrogens is 172 g/mol. The van der Waals surface area contributed by atoms with Crippen molar-refractivity contribution in [3.63, 3.8) is 0 Å². The van der Waals surface area contributed by atoms with Crippen molar-refractivity contribution in [3.8, 4) is 0 Å². The van der Waals surface area contributed by atoms with Crippen LogP contribution in [0.15, 0.2) is 0 Å². The van der Waals surface area contributed by atoms with Gasteiger partial charge in [-0.1, -0.05) is 26.2 Å². The molecule has 0 bridgehead atoms. The van der Waals surface area contributed by atoms with E-state index in [1.54, 1.807) is 0 Å². The highest BCUT2D eigenvalue weighted by atomic mass is 16.8. The zero-order chi connectivity index (χ0) is 9.94. The Labute approximate surface area is 79.5 Å². The predicted molar refractivity (Wildman–Crippen MR) is 49.1 cm³/mol. The molecule has 0 aliphatic carbocycles. The maximum absolute atomic E-state index is 8.29. The quantitative estimate of drug-likeness (QED) is 0.649. The molecule has 0 spiro atoms. The average Bonchev–Trinajstić information content (AvgIpc) is 2.58. The molecule has 2 N–H and O–H groups in total. The first-order chi connectivity index (χ1) is 6.31. The van der Waals surface area contributed by atoms with Crippen LogP contribution in [0.4, 0.5) is 0 Å². The first-order valence-corrected chi connectivity index (χ1v) is 4.83. The van der Waals surface area contributed by atoms with E-state index in [9.17, 15) is 0 Å². The van der Waals surface area contributed by atoms with Gasteiger partial charge in [-0.2, -0.15) is 0 Å². The Hall–Kier alpha value is -0.160. The van der Waals surface area contributed by atoms with Crippen molar-refractivity contribution in [2.24, 2.45) is 0 Å². The highest BCUT2D eigenvalue weighted by Gasteiger charge is 2.09. The fourth-order valence-corrected chi connectivity index (χ4v) is 0.885. The highest BCUT2D eigenvalue weighted by Crippen LogP contribution is 1.96. The smallest absolute Gasteiger partial charge is 0.269 e. The van der Waals surface area contributed by atoms with Crippen molar-refractivity contribution in [1.29, 1.82) is 0 Å². The van der Waals surface area contributed by atoms with E-state index in [-0.39, 0.29) is 0 Å². The van der Waals surface area contributed by atoms with Gasteiger partial charge in [0.25, 0.3) is 6.48 Å². The minimum atomic E-state index is -0.954. The molecule has 1 fully saturated rings. The van der Waals surface area contributed by atoms with Gasteiger partial charge in [-0.25, -0.2) is 0 Å². The second kappa shape index (κ2) is 9.92. The number of ether oxygens (including phenoxy) is 2. The van der Waals surface area contributed by atoms with Crippen LogP contribution < -0.4 is 0 Å². The molecule has 4 heteroatoms. The summed E-state index contributed by atoms with van der Waals surface area (Å²) in [6.07, 6.45) is 4.68. The standard InChI is InChI=1S/C6H14O.C3H6O3/c1-2-3-4-5-6-7;4-3-5-1-2-6-3/h7H,2-6H2,1H3;3-4H,1-2H2. The zero-order valence-corrected chi connectivity index (χ0v) is 8.24. The number of aliphatic hydroxyl groups is 2. The first kappa shape index (κ1) is 12.8. The van der Waals surface area contributed by atoms with Gasteiger partial charge in [-0.15, -0.1) is 0 Å². The van der Waals surface area contributed by atoms with Crippen LogP contribution in [0.2, 0.25) is 0 Å². The summed E-state index contributed by atoms with van der Waals surface area (Å²) in [5.74, 6) is 0. The van der Waals surface area contributed by atoms with E-state index in [1.165, 1.54) is 19.3 Å². The van der Waals surface area contributed by atoms with Gasteiger partial charge in [0.15, 0.2) is 0 Å². The Kier molecular flexibility index (Phi) is 9.80. The van der Waals surface area contributed by atoms with Crippen molar-refractivity contribution in [3.05, 3.63) is 0 Å². The summed E-state index contributed by atoms with van der Waals surface area (Å²) in [4.78, 5) is 0. The number of hydrogen-bond acceptors (Lipinski definition) is 4. The summed E-state index contributed by atoms with van der Waals surface area (Å²) in [7, 11) is 0. The molecule has 0 aromatic heterocycles. The first-order valence-electron chi connectivity index (χ1n) is 4.83. The minimum absolute atomic E-state index is 0.361. The third-order valence-electron chi connectivity index (χ3n) is 1.62. The Bertz CT molecular complexity index is 87.6. The van der Waals surface area contributed by atoms with Crippen LogP contribution in [0, 0.1) is 0 Å². The topological polar surface area (TPSA) is 58.9 Å². The third-order valence-corrected chi connectivity index (χ3v) is 1.62. The number of hydrogen-bond donors (Lipinski definition) is 2. The van der Waals surface area contributed by atoms with E-state index in [4.69, 9.17) is 10.2 Å². The minimum Gasteiger partial charge on any atom is -0.396 e. The number of unbranched alkanes of at least 4 members (excludes halogenated alkanes) is 3. The van der Waals surface area contributed by atoms with Crippen LogP contribution >= 0.6 is 0 Å². The molecule has 0 aromatic carbocycles. The van der Waals surface area contributed by atoms with Gasteiger partial charge in [0.05, 0.1) is 13.2 Å². The zero-order valence-electron chi connectivity index (χ0n) is 8.24. The molecule has 0 aromatic rings. The van der Waals surface area contributed by atoms with Crippen molar-refractivity contribution < 1.29 is 19.7 Å². The predicted octanol–water partition coefficient (Wildman–Crippen LogP) is 0.868. The molecule has 0 saturated carbocycles. The molecular formula is C9H20O4. The van der Waals surface area contributed by atoms with Crippen LogP contribution in [-0.2, 0) is 9.47 Å². The molecule has 1 aliphatic rings. The van der Waals surface area contributed by atoms with Gasteiger partial charge in [-0.3, -0.25) is 0 Å². The summed E-state index contributed by atoms with van der Waals surface area (Å²) >= 11 is 0. The van der Waals surface area contributed by atoms with Crippen LogP contribution in [-0.4, -0.2) is 36.5 Å². The molecule has 0 radical (unpaired) electrons. The normalized spacial score (nSPS) is 16.8. The van der Waals surface area contributed by atoms with Gasteiger partial charge >= 0.3 is 0 Å². The summed E-state index contributed by atoms with van der Waals surface area (Å²) < 4.78 is 8.97. The van der Waals surface area contributed by atoms with Crippen molar-refractivity contribution in [2.75, 3.05) is 19.8 Å². The van der Waals surface area contributed by atoms with Gasteiger partial charge < -0.3 is 19.7 Å². The van der Waals surface area contributed by atoms with Crippen LogP contribution in [0.3, 0.4) is 0 Å². The summed E-state index contributed by atoms with van der Waals surface area (Å²) in [6, 6.07) is 0. The van der Waals surface area contributed by atoms with Crippen molar-refractivity contribution in [1.82, 2.24) is 0 Å². The van der Waals surface area contributed by atoms with Crippen molar-refractivity contribution >= 4 is 0 Å². The molecule has 13 heavy (non-hydrogen) atoms. The van der Waals surface area contributed by atoms with Gasteiger partial charge in [-0.05, 0) is 6.42 Å². The van der Waals surface area contributed by atoms with Gasteiger partial charge in [0.2, 0.25) is 0 Å². The lowest BCUT2D eigenvalue weighted by Crippen LogP contribution is -2.03. The Morgan fingerprint density at radius 3 is 2.08 bits per heavy atom. The second-order valence-electron chi connectivity index (χ2n) is 2.83. The monoisotopic (exact) mass is 192 g/mol. The molecule has 1 heterocycles. The Morgan fingerprint density at radius 1 is 1.15 bits per heavy atom. The molecule has 0 atom stereocenters. The van der Waals surface area contributed by atoms with E-state index in [2.05, 4.69) is 16.4 Å². The lowest BCUT2D eigenvalue weighted by atomic mass is 10.2. The lowest BCUT2D eigenvalue weighted by molar-refractivity contribution is -0.195. The van der Waals surface area contributed by atoms with E-state index in [1.807, 2.05) is 0 Å². The molecule has 0 amide bonds. The van der Waals surface area contributed by atoms with Crippen LogP contribution in [0.1, 0.15) is 32.6 Å². The molecule has 80 valence electrons. The number of rotatable bonds is 4. The third kappa shape index (κ3) is 9.76. The fourth-order valence-electron chi connectivity index (χ4n) is 0.885. The lowest BCUT2D eigenvalue weighted by Gasteiger charge is -1.93. The average molecular weight is 192 g/mol.